The first-order valence-corrected chi connectivity index (χ1v) is 17.1. The summed E-state index contributed by atoms with van der Waals surface area (Å²) in [6, 6.07) is 46.8. The lowest BCUT2D eigenvalue weighted by Crippen LogP contribution is -2.30. The maximum Gasteiger partial charge on any atom is 0.272 e. The van der Waals surface area contributed by atoms with Crippen LogP contribution >= 0.6 is 11.8 Å². The molecule has 1 unspecified atom stereocenters. The normalized spacial score (nSPS) is 11.7. The van der Waals surface area contributed by atoms with Crippen molar-refractivity contribution in [1.82, 2.24) is 5.32 Å². The van der Waals surface area contributed by atoms with Crippen LogP contribution in [0.5, 0.6) is 5.75 Å². The first-order valence-electron chi connectivity index (χ1n) is 16.2. The summed E-state index contributed by atoms with van der Waals surface area (Å²) in [6.45, 7) is 2.45. The molecule has 3 amide bonds. The Kier molecular flexibility index (Phi) is 11.0. The summed E-state index contributed by atoms with van der Waals surface area (Å²) in [7, 11) is 0. The predicted molar refractivity (Wildman–Crippen MR) is 202 cm³/mol. The van der Waals surface area contributed by atoms with E-state index in [1.54, 1.807) is 42.5 Å². The summed E-state index contributed by atoms with van der Waals surface area (Å²) >= 11 is 1.42. The van der Waals surface area contributed by atoms with Gasteiger partial charge in [-0.15, -0.1) is 11.8 Å². The monoisotopic (exact) mass is 677 g/mol. The van der Waals surface area contributed by atoms with E-state index in [1.165, 1.54) is 11.8 Å². The highest BCUT2D eigenvalue weighted by molar-refractivity contribution is 8.00. The Morgan fingerprint density at radius 1 is 0.680 bits per heavy atom. The van der Waals surface area contributed by atoms with Gasteiger partial charge in [-0.3, -0.25) is 14.4 Å². The SMILES string of the molecule is CCOc1ccc(/C=C(\NC(=O)c2ccccc2)C(=O)Nc2ccc(SC(C(=O)Nc3ccc4ccccc4c3)c3ccccc3)cc2)cc1. The number of hydrogen-bond donors (Lipinski definition) is 3. The second kappa shape index (κ2) is 16.3. The number of rotatable bonds is 12. The van der Waals surface area contributed by atoms with Gasteiger partial charge in [-0.05, 0) is 95.6 Å². The summed E-state index contributed by atoms with van der Waals surface area (Å²) in [5, 5.41) is 10.4. The fourth-order valence-electron chi connectivity index (χ4n) is 5.26. The van der Waals surface area contributed by atoms with Gasteiger partial charge < -0.3 is 20.7 Å². The van der Waals surface area contributed by atoms with Crippen LogP contribution < -0.4 is 20.7 Å². The molecule has 6 aromatic rings. The Morgan fingerprint density at radius 3 is 2.02 bits per heavy atom. The molecule has 7 nitrogen and oxygen atoms in total. The number of ether oxygens (including phenoxy) is 1. The van der Waals surface area contributed by atoms with Crippen molar-refractivity contribution in [3.8, 4) is 5.75 Å². The van der Waals surface area contributed by atoms with Crippen molar-refractivity contribution in [3.63, 3.8) is 0 Å². The molecule has 6 rings (SSSR count). The fourth-order valence-corrected chi connectivity index (χ4v) is 6.29. The Labute approximate surface area is 295 Å². The summed E-state index contributed by atoms with van der Waals surface area (Å²) in [5.41, 5.74) is 3.34. The zero-order chi connectivity index (χ0) is 34.7. The van der Waals surface area contributed by atoms with Gasteiger partial charge in [0.05, 0.1) is 6.61 Å². The zero-order valence-electron chi connectivity index (χ0n) is 27.3. The highest BCUT2D eigenvalue weighted by atomic mass is 32.2. The molecule has 0 saturated heterocycles. The van der Waals surface area contributed by atoms with E-state index in [0.29, 0.717) is 29.2 Å². The van der Waals surface area contributed by atoms with E-state index in [9.17, 15) is 14.4 Å². The van der Waals surface area contributed by atoms with Gasteiger partial charge in [-0.2, -0.15) is 0 Å². The number of carbonyl (C=O) groups is 3. The third-order valence-corrected chi connectivity index (χ3v) is 9.02. The van der Waals surface area contributed by atoms with Gasteiger partial charge in [0.15, 0.2) is 0 Å². The third kappa shape index (κ3) is 8.86. The molecule has 0 aromatic heterocycles. The van der Waals surface area contributed by atoms with E-state index in [-0.39, 0.29) is 11.6 Å². The van der Waals surface area contributed by atoms with Crippen molar-refractivity contribution in [2.45, 2.75) is 17.1 Å². The van der Waals surface area contributed by atoms with E-state index in [4.69, 9.17) is 4.74 Å². The summed E-state index contributed by atoms with van der Waals surface area (Å²) in [4.78, 5) is 41.2. The van der Waals surface area contributed by atoms with Gasteiger partial charge in [0, 0.05) is 21.8 Å². The van der Waals surface area contributed by atoms with Gasteiger partial charge >= 0.3 is 0 Å². The molecule has 50 heavy (non-hydrogen) atoms. The van der Waals surface area contributed by atoms with Crippen LogP contribution in [0.2, 0.25) is 0 Å². The predicted octanol–water partition coefficient (Wildman–Crippen LogP) is 9.12. The van der Waals surface area contributed by atoms with Crippen LogP contribution in [0.25, 0.3) is 16.8 Å². The molecular weight excluding hydrogens is 643 g/mol. The van der Waals surface area contributed by atoms with E-state index >= 15 is 0 Å². The second-order valence-electron chi connectivity index (χ2n) is 11.3. The minimum Gasteiger partial charge on any atom is -0.494 e. The summed E-state index contributed by atoms with van der Waals surface area (Å²) in [6.07, 6.45) is 1.62. The third-order valence-electron chi connectivity index (χ3n) is 7.75. The van der Waals surface area contributed by atoms with Crippen LogP contribution in [0.15, 0.2) is 162 Å². The van der Waals surface area contributed by atoms with E-state index in [2.05, 4.69) is 16.0 Å². The largest absolute Gasteiger partial charge is 0.494 e. The van der Waals surface area contributed by atoms with Crippen molar-refractivity contribution in [3.05, 3.63) is 174 Å². The molecule has 0 aliphatic carbocycles. The standard InChI is InChI=1S/C42H35N3O4S/c1-2-49-36-23-17-29(18-24-36)27-38(45-40(46)32-14-7-4-8-15-32)41(47)43-34-21-25-37(26-22-34)50-39(31-12-5-3-6-13-31)42(48)44-35-20-19-30-11-9-10-16-33(30)28-35/h3-28,39H,2H2,1H3,(H,43,47)(H,44,48)(H,45,46)/b38-27-. The first kappa shape index (κ1) is 33.8. The number of hydrogen-bond acceptors (Lipinski definition) is 5. The first-order chi connectivity index (χ1) is 24.4. The lowest BCUT2D eigenvalue weighted by Gasteiger charge is -2.18. The molecule has 0 heterocycles. The quantitative estimate of drug-likeness (QED) is 0.0887. The lowest BCUT2D eigenvalue weighted by atomic mass is 10.1. The van der Waals surface area contributed by atoms with Gasteiger partial charge in [-0.1, -0.05) is 91.0 Å². The molecule has 0 bridgehead atoms. The molecule has 6 aromatic carbocycles. The average Bonchev–Trinajstić information content (AvgIpc) is 3.15. The Bertz CT molecular complexity index is 2120. The number of thioether (sulfide) groups is 1. The molecule has 0 fully saturated rings. The van der Waals surface area contributed by atoms with Gasteiger partial charge in [-0.25, -0.2) is 0 Å². The fraction of sp³-hybridized carbons (Fsp3) is 0.0714. The van der Waals surface area contributed by atoms with Crippen molar-refractivity contribution in [1.29, 1.82) is 0 Å². The van der Waals surface area contributed by atoms with Crippen molar-refractivity contribution in [2.24, 2.45) is 0 Å². The Hall–Kier alpha value is -6.12. The number of amides is 3. The highest BCUT2D eigenvalue weighted by Gasteiger charge is 2.23. The number of anilines is 2. The molecule has 8 heteroatoms. The topological polar surface area (TPSA) is 96.5 Å². The van der Waals surface area contributed by atoms with Crippen LogP contribution in [-0.4, -0.2) is 24.3 Å². The number of benzene rings is 6. The van der Waals surface area contributed by atoms with Crippen molar-refractivity contribution in [2.75, 3.05) is 17.2 Å². The molecule has 0 spiro atoms. The van der Waals surface area contributed by atoms with Gasteiger partial charge in [0.25, 0.3) is 11.8 Å². The molecule has 248 valence electrons. The molecule has 0 radical (unpaired) electrons. The zero-order valence-corrected chi connectivity index (χ0v) is 28.2. The van der Waals surface area contributed by atoms with Gasteiger partial charge in [0.1, 0.15) is 16.7 Å². The molecule has 0 saturated carbocycles. The van der Waals surface area contributed by atoms with Crippen LogP contribution in [0.3, 0.4) is 0 Å². The van der Waals surface area contributed by atoms with Crippen molar-refractivity contribution < 1.29 is 19.1 Å². The molecule has 1 atom stereocenters. The van der Waals surface area contributed by atoms with Crippen LogP contribution in [0.4, 0.5) is 11.4 Å². The Balaban J connectivity index is 1.18. The molecule has 3 N–H and O–H groups in total. The lowest BCUT2D eigenvalue weighted by molar-refractivity contribution is -0.116. The second-order valence-corrected chi connectivity index (χ2v) is 12.5. The summed E-state index contributed by atoms with van der Waals surface area (Å²) in [5.74, 6) is -0.325. The number of nitrogens with one attached hydrogen (secondary N) is 3. The van der Waals surface area contributed by atoms with Crippen LogP contribution in [0.1, 0.15) is 33.7 Å². The van der Waals surface area contributed by atoms with E-state index in [1.807, 2.05) is 122 Å². The van der Waals surface area contributed by atoms with E-state index in [0.717, 1.165) is 26.9 Å². The maximum atomic E-state index is 13.7. The van der Waals surface area contributed by atoms with Gasteiger partial charge in [0.2, 0.25) is 5.91 Å². The molecular formula is C42H35N3O4S. The average molecular weight is 678 g/mol. The smallest absolute Gasteiger partial charge is 0.272 e. The minimum absolute atomic E-state index is 0.0796. The molecule has 0 aliphatic rings. The van der Waals surface area contributed by atoms with E-state index < -0.39 is 17.1 Å². The van der Waals surface area contributed by atoms with Crippen LogP contribution in [0, 0.1) is 0 Å². The minimum atomic E-state index is -0.528. The molecule has 0 aliphatic heterocycles. The summed E-state index contributed by atoms with van der Waals surface area (Å²) < 4.78 is 5.53. The number of carbonyl (C=O) groups excluding carboxylic acids is 3. The number of fused-ring (bicyclic) bond motifs is 1. The maximum absolute atomic E-state index is 13.7. The van der Waals surface area contributed by atoms with Crippen molar-refractivity contribution >= 4 is 57.7 Å². The highest BCUT2D eigenvalue weighted by Crippen LogP contribution is 2.37. The van der Waals surface area contributed by atoms with Crippen LogP contribution in [-0.2, 0) is 9.59 Å². The Morgan fingerprint density at radius 2 is 1.32 bits per heavy atom.